The first-order valence-corrected chi connectivity index (χ1v) is 3.79. The van der Waals surface area contributed by atoms with Crippen molar-refractivity contribution in [2.75, 3.05) is 0 Å². The van der Waals surface area contributed by atoms with E-state index in [9.17, 15) is 0 Å². The molecular formula is H16Na3O14PS. The summed E-state index contributed by atoms with van der Waals surface area (Å²) in [5.41, 5.74) is 0. The van der Waals surface area contributed by atoms with Crippen molar-refractivity contribution >= 4 is 19.2 Å². The van der Waals surface area contributed by atoms with Crippen molar-refractivity contribution in [3.63, 3.8) is 0 Å². The van der Waals surface area contributed by atoms with Gasteiger partial charge in [-0.1, -0.05) is 0 Å². The van der Waals surface area contributed by atoms with Crippen LogP contribution < -0.4 is 103 Å². The largest absolute Gasteiger partial charge is 1.00 e. The minimum atomic E-state index is -5.39. The van der Waals surface area contributed by atoms with Gasteiger partial charge in [-0.15, -0.1) is 0 Å². The Morgan fingerprint density at radius 2 is 0.684 bits per heavy atom. The summed E-state index contributed by atoms with van der Waals surface area (Å²) >= 11 is -2.61. The van der Waals surface area contributed by atoms with Crippen molar-refractivity contribution in [3.8, 4) is 0 Å². The van der Waals surface area contributed by atoms with E-state index in [1.165, 1.54) is 0 Å². The van der Waals surface area contributed by atoms with Gasteiger partial charge < -0.3 is 57.6 Å². The van der Waals surface area contributed by atoms with E-state index in [-0.39, 0.29) is 127 Å². The van der Waals surface area contributed by atoms with Crippen LogP contribution in [0.2, 0.25) is 0 Å². The van der Waals surface area contributed by atoms with Crippen LogP contribution in [0.4, 0.5) is 0 Å². The zero-order chi connectivity index (χ0) is 8.08. The second kappa shape index (κ2) is 58.4. The minimum Gasteiger partial charge on any atom is -0.822 e. The number of rotatable bonds is 0. The molecule has 0 aromatic rings. The molecule has 0 unspecified atom stereocenters. The van der Waals surface area contributed by atoms with Crippen LogP contribution in [0.5, 0.6) is 0 Å². The summed E-state index contributed by atoms with van der Waals surface area (Å²) in [5, 5.41) is 0. The Hall–Kier alpha value is 2.90. The summed E-state index contributed by atoms with van der Waals surface area (Å²) in [4.78, 5) is 25.6. The van der Waals surface area contributed by atoms with Gasteiger partial charge in [0.05, 0.1) is 0 Å². The quantitative estimate of drug-likeness (QED) is 0.234. The van der Waals surface area contributed by atoms with Crippen LogP contribution in [0.3, 0.4) is 0 Å². The molecule has 0 bridgehead atoms. The maximum atomic E-state index is 8.67. The summed E-state index contributed by atoms with van der Waals surface area (Å²) in [6.45, 7) is 0. The van der Waals surface area contributed by atoms with Gasteiger partial charge in [0, 0.05) is 0 Å². The van der Waals surface area contributed by atoms with Gasteiger partial charge in [0.25, 0.3) is 11.4 Å². The van der Waals surface area contributed by atoms with Crippen LogP contribution in [0.15, 0.2) is 0 Å². The van der Waals surface area contributed by atoms with Crippen LogP contribution in [0, 0.1) is 0 Å². The van der Waals surface area contributed by atoms with Crippen LogP contribution in [0.1, 0.15) is 0 Å². The first-order chi connectivity index (χ1) is 3.73. The fourth-order valence-corrected chi connectivity index (χ4v) is 0. The summed E-state index contributed by atoms with van der Waals surface area (Å²) in [6.07, 6.45) is 0. The summed E-state index contributed by atoms with van der Waals surface area (Å²) < 4.78 is 31.4. The van der Waals surface area contributed by atoms with E-state index < -0.39 is 19.2 Å². The van der Waals surface area contributed by atoms with E-state index in [0.717, 1.165) is 0 Å². The Bertz CT molecular complexity index is 122. The molecule has 19 heteroatoms. The molecule has 0 amide bonds. The van der Waals surface area contributed by atoms with Gasteiger partial charge >= 0.3 is 88.7 Å². The first-order valence-electron chi connectivity index (χ1n) is 1.26. The zero-order valence-electron chi connectivity index (χ0n) is 10.3. The molecule has 0 rings (SSSR count). The van der Waals surface area contributed by atoms with E-state index in [1.807, 2.05) is 0 Å². The van der Waals surface area contributed by atoms with E-state index in [1.54, 1.807) is 0 Å². The summed E-state index contributed by atoms with van der Waals surface area (Å²) in [6, 6.07) is 0. The van der Waals surface area contributed by atoms with Gasteiger partial charge in [0.1, 0.15) is 0 Å². The van der Waals surface area contributed by atoms with Gasteiger partial charge in [0.15, 0.2) is 0 Å². The van der Waals surface area contributed by atoms with Gasteiger partial charge in [-0.05, 0) is 0 Å². The normalized spacial score (nSPS) is 4.95. The van der Waals surface area contributed by atoms with Crippen molar-refractivity contribution in [2.24, 2.45) is 0 Å². The smallest absolute Gasteiger partial charge is 0.822 e. The van der Waals surface area contributed by atoms with E-state index >= 15 is 0 Å². The number of phosphoric acid groups is 1. The van der Waals surface area contributed by atoms with Gasteiger partial charge in [0.2, 0.25) is 0 Å². The van der Waals surface area contributed by atoms with Gasteiger partial charge in [-0.2, -0.15) is 12.0 Å². The molecule has 0 aromatic heterocycles. The molecule has 114 valence electrons. The molecule has 16 N–H and O–H groups in total. The van der Waals surface area contributed by atoms with Crippen LogP contribution >= 0.6 is 7.82 Å². The van der Waals surface area contributed by atoms with E-state index in [0.29, 0.717) is 0 Å². The fraction of sp³-hybridized carbons (Fsp3) is 0. The van der Waals surface area contributed by atoms with Crippen LogP contribution in [0.25, 0.3) is 0 Å². The van der Waals surface area contributed by atoms with Crippen molar-refractivity contribution in [1.29, 1.82) is 0 Å². The standard InChI is InChI=1S/3Na.H3O4P.H2O3S.7H2O/c;;;1-5(2,3)4;1-4(2)3;;;;;;;/h;;;(H3,1,2,3,4);(H2,1,2,3);7*1H2/q3*+1;;;;;;;;;/p-3. The monoisotopic (exact) mass is 372 g/mol. The van der Waals surface area contributed by atoms with Crippen molar-refractivity contribution in [1.82, 2.24) is 0 Å². The molecule has 14 nitrogen and oxygen atoms in total. The molecule has 0 saturated carbocycles. The van der Waals surface area contributed by atoms with Crippen molar-refractivity contribution < 1.29 is 160 Å². The molecule has 19 heavy (non-hydrogen) atoms. The fourth-order valence-electron chi connectivity index (χ4n) is 0. The van der Waals surface area contributed by atoms with Crippen molar-refractivity contribution in [3.05, 3.63) is 0 Å². The SMILES string of the molecule is O.O.O.O.O.O.O.O=P([O-])([O-])[O-].O=S(O)O.[Na+].[Na+].[Na+]. The summed E-state index contributed by atoms with van der Waals surface area (Å²) in [5.74, 6) is 0. The second-order valence-electron chi connectivity index (χ2n) is 0.678. The molecule has 0 atom stereocenters. The predicted octanol–water partition coefficient (Wildman–Crippen LogP) is -17.9. The average Bonchev–Trinajstić information content (AvgIpc) is 1.19. The Balaban J connectivity index is -0.00000000340. The Kier molecular flexibility index (Phi) is 300. The maximum absolute atomic E-state index is 8.67. The third kappa shape index (κ3) is 888. The van der Waals surface area contributed by atoms with Crippen LogP contribution in [-0.2, 0) is 15.9 Å². The molecule has 0 heterocycles. The molecular weight excluding hydrogens is 356 g/mol. The van der Waals surface area contributed by atoms with Crippen LogP contribution in [-0.4, -0.2) is 51.6 Å². The second-order valence-corrected chi connectivity index (χ2v) is 2.03. The zero-order valence-corrected chi connectivity index (χ0v) is 18.0. The summed E-state index contributed by atoms with van der Waals surface area (Å²) in [7, 11) is -5.39. The number of hydrogen-bond acceptors (Lipinski definition) is 5. The third-order valence-corrected chi connectivity index (χ3v) is 0. The molecule has 0 saturated heterocycles. The molecule has 0 aliphatic heterocycles. The maximum Gasteiger partial charge on any atom is 1.00 e. The average molecular weight is 372 g/mol. The van der Waals surface area contributed by atoms with E-state index in [4.69, 9.17) is 32.6 Å². The topological polar surface area (TPSA) is 364 Å². The minimum absolute atomic E-state index is 0. The Morgan fingerprint density at radius 3 is 0.684 bits per heavy atom. The Morgan fingerprint density at radius 1 is 0.684 bits per heavy atom. The molecule has 0 radical (unpaired) electrons. The van der Waals surface area contributed by atoms with Gasteiger partial charge in [-0.3, -0.25) is 9.11 Å². The molecule has 0 aliphatic rings. The van der Waals surface area contributed by atoms with Gasteiger partial charge in [-0.25, -0.2) is 0 Å². The molecule has 0 fully saturated rings. The Labute approximate surface area is 176 Å². The van der Waals surface area contributed by atoms with Crippen molar-refractivity contribution in [2.45, 2.75) is 0 Å². The third-order valence-electron chi connectivity index (χ3n) is 0. The molecule has 0 aliphatic carbocycles. The molecule has 0 spiro atoms. The molecule has 0 aromatic carbocycles. The predicted molar refractivity (Wildman–Crippen MR) is 46.3 cm³/mol. The first kappa shape index (κ1) is 97.6. The van der Waals surface area contributed by atoms with E-state index in [2.05, 4.69) is 0 Å². The number of hydrogen-bond donors (Lipinski definition) is 2.